The Morgan fingerprint density at radius 3 is 2.81 bits per heavy atom. The van der Waals surface area contributed by atoms with Crippen LogP contribution < -0.4 is 10.6 Å². The molecule has 0 unspecified atom stereocenters. The monoisotopic (exact) mass is 425 g/mol. The van der Waals surface area contributed by atoms with Crippen LogP contribution in [-0.2, 0) is 11.3 Å². The van der Waals surface area contributed by atoms with E-state index < -0.39 is 0 Å². The van der Waals surface area contributed by atoms with Crippen LogP contribution in [0.3, 0.4) is 0 Å². The second-order valence-electron chi connectivity index (χ2n) is 5.02. The van der Waals surface area contributed by atoms with E-state index in [1.165, 1.54) is 4.88 Å². The molecule has 0 radical (unpaired) electrons. The van der Waals surface area contributed by atoms with Gasteiger partial charge < -0.3 is 15.4 Å². The molecule has 1 aromatic heterocycles. The van der Waals surface area contributed by atoms with Gasteiger partial charge in [-0.25, -0.2) is 4.99 Å². The Labute approximate surface area is 149 Å². The highest BCUT2D eigenvalue weighted by molar-refractivity contribution is 14.0. The molecule has 0 saturated carbocycles. The van der Waals surface area contributed by atoms with Crippen molar-refractivity contribution in [2.24, 2.45) is 10.9 Å². The summed E-state index contributed by atoms with van der Waals surface area (Å²) in [6.07, 6.45) is 0.996. The Hall–Kier alpha value is -0.340. The third-order valence-corrected chi connectivity index (χ3v) is 3.39. The van der Waals surface area contributed by atoms with Crippen molar-refractivity contribution in [3.8, 4) is 0 Å². The molecule has 0 aliphatic heterocycles. The molecule has 21 heavy (non-hydrogen) atoms. The summed E-state index contributed by atoms with van der Waals surface area (Å²) >= 11 is 1.74. The number of hydrogen-bond acceptors (Lipinski definition) is 3. The van der Waals surface area contributed by atoms with Crippen molar-refractivity contribution >= 4 is 41.3 Å². The fraction of sp³-hybridized carbons (Fsp3) is 0.667. The molecule has 0 bridgehead atoms. The van der Waals surface area contributed by atoms with Gasteiger partial charge in [0, 0.05) is 31.2 Å². The second kappa shape index (κ2) is 13.3. The molecule has 0 atom stereocenters. The maximum atomic E-state index is 5.56. The van der Waals surface area contributed by atoms with Gasteiger partial charge in [-0.15, -0.1) is 35.3 Å². The summed E-state index contributed by atoms with van der Waals surface area (Å²) in [6, 6.07) is 4.17. The van der Waals surface area contributed by atoms with E-state index in [4.69, 9.17) is 4.74 Å². The first-order valence-corrected chi connectivity index (χ1v) is 8.22. The van der Waals surface area contributed by atoms with Crippen LogP contribution in [0.15, 0.2) is 22.5 Å². The molecule has 0 aliphatic rings. The van der Waals surface area contributed by atoms with Gasteiger partial charge in [-0.2, -0.15) is 0 Å². The van der Waals surface area contributed by atoms with Crippen LogP contribution in [0.25, 0.3) is 0 Å². The number of nitrogens with zero attached hydrogens (tertiary/aromatic N) is 1. The fourth-order valence-corrected chi connectivity index (χ4v) is 2.23. The molecule has 1 heterocycles. The number of rotatable bonds is 9. The summed E-state index contributed by atoms with van der Waals surface area (Å²) in [5, 5.41) is 8.67. The normalized spacial score (nSPS) is 11.3. The van der Waals surface area contributed by atoms with Gasteiger partial charge in [0.15, 0.2) is 5.96 Å². The van der Waals surface area contributed by atoms with Crippen LogP contribution in [0.4, 0.5) is 0 Å². The third kappa shape index (κ3) is 11.0. The minimum absolute atomic E-state index is 0. The quantitative estimate of drug-likeness (QED) is 0.276. The van der Waals surface area contributed by atoms with Crippen LogP contribution in [0.5, 0.6) is 0 Å². The zero-order valence-electron chi connectivity index (χ0n) is 13.2. The van der Waals surface area contributed by atoms with E-state index in [2.05, 4.69) is 53.9 Å². The van der Waals surface area contributed by atoms with Crippen LogP contribution in [0.1, 0.15) is 32.1 Å². The lowest BCUT2D eigenvalue weighted by atomic mass is 10.2. The van der Waals surface area contributed by atoms with E-state index in [1.54, 1.807) is 11.3 Å². The van der Waals surface area contributed by atoms with Crippen LogP contribution in [0.2, 0.25) is 0 Å². The van der Waals surface area contributed by atoms with Crippen LogP contribution in [-0.4, -0.2) is 32.3 Å². The first-order valence-electron chi connectivity index (χ1n) is 7.34. The zero-order chi connectivity index (χ0) is 14.6. The Morgan fingerprint density at radius 1 is 1.38 bits per heavy atom. The Morgan fingerprint density at radius 2 is 2.19 bits per heavy atom. The first kappa shape index (κ1) is 20.7. The predicted octanol–water partition coefficient (Wildman–Crippen LogP) is 3.48. The van der Waals surface area contributed by atoms with Crippen molar-refractivity contribution in [1.82, 2.24) is 10.6 Å². The summed E-state index contributed by atoms with van der Waals surface area (Å²) in [5.74, 6) is 1.48. The van der Waals surface area contributed by atoms with E-state index in [-0.39, 0.29) is 24.0 Å². The van der Waals surface area contributed by atoms with Gasteiger partial charge >= 0.3 is 0 Å². The smallest absolute Gasteiger partial charge is 0.191 e. The standard InChI is InChI=1S/C15H27N3OS.HI/c1-4-16-15(18-11-14-7-5-10-20-14)17-8-6-9-19-12-13(2)3;/h5,7,10,13H,4,6,8-9,11-12H2,1-3H3,(H2,16,17,18);1H. The van der Waals surface area contributed by atoms with Gasteiger partial charge in [-0.05, 0) is 30.7 Å². The van der Waals surface area contributed by atoms with Crippen molar-refractivity contribution in [3.05, 3.63) is 22.4 Å². The zero-order valence-corrected chi connectivity index (χ0v) is 16.4. The van der Waals surface area contributed by atoms with Gasteiger partial charge in [0.05, 0.1) is 6.54 Å². The Bertz CT molecular complexity index is 369. The molecule has 0 aromatic carbocycles. The topological polar surface area (TPSA) is 45.7 Å². The molecule has 1 aromatic rings. The van der Waals surface area contributed by atoms with E-state index >= 15 is 0 Å². The number of thiophene rings is 1. The molecule has 0 amide bonds. The van der Waals surface area contributed by atoms with Gasteiger partial charge in [0.1, 0.15) is 0 Å². The lowest BCUT2D eigenvalue weighted by Crippen LogP contribution is -2.38. The first-order chi connectivity index (χ1) is 9.72. The highest BCUT2D eigenvalue weighted by atomic mass is 127. The molecule has 0 spiro atoms. The SMILES string of the molecule is CCNC(=NCc1cccs1)NCCCOCC(C)C.I. The van der Waals surface area contributed by atoms with Crippen molar-refractivity contribution in [2.45, 2.75) is 33.7 Å². The summed E-state index contributed by atoms with van der Waals surface area (Å²) in [7, 11) is 0. The lowest BCUT2D eigenvalue weighted by molar-refractivity contribution is 0.108. The molecule has 6 heteroatoms. The molecule has 4 nitrogen and oxygen atoms in total. The molecule has 122 valence electrons. The predicted molar refractivity (Wildman–Crippen MR) is 103 cm³/mol. The number of halogens is 1. The van der Waals surface area contributed by atoms with Crippen molar-refractivity contribution in [3.63, 3.8) is 0 Å². The third-order valence-electron chi connectivity index (χ3n) is 2.53. The summed E-state index contributed by atoms with van der Waals surface area (Å²) < 4.78 is 5.56. The molecule has 0 saturated heterocycles. The highest BCUT2D eigenvalue weighted by Gasteiger charge is 1.98. The minimum Gasteiger partial charge on any atom is -0.381 e. The van der Waals surface area contributed by atoms with Crippen LogP contribution in [0, 0.1) is 5.92 Å². The maximum absolute atomic E-state index is 5.56. The molecule has 0 fully saturated rings. The van der Waals surface area contributed by atoms with Crippen molar-refractivity contribution < 1.29 is 4.74 Å². The number of guanidine groups is 1. The summed E-state index contributed by atoms with van der Waals surface area (Å²) in [5.41, 5.74) is 0. The largest absolute Gasteiger partial charge is 0.381 e. The number of ether oxygens (including phenoxy) is 1. The van der Waals surface area contributed by atoms with Crippen LogP contribution >= 0.6 is 35.3 Å². The fourth-order valence-electron chi connectivity index (χ4n) is 1.60. The maximum Gasteiger partial charge on any atom is 0.191 e. The lowest BCUT2D eigenvalue weighted by Gasteiger charge is -2.11. The number of aliphatic imine (C=N–C) groups is 1. The van der Waals surface area contributed by atoms with E-state index in [9.17, 15) is 0 Å². The van der Waals surface area contributed by atoms with E-state index in [0.717, 1.165) is 45.2 Å². The van der Waals surface area contributed by atoms with Gasteiger partial charge in [0.2, 0.25) is 0 Å². The molecule has 0 aliphatic carbocycles. The highest BCUT2D eigenvalue weighted by Crippen LogP contribution is 2.09. The van der Waals surface area contributed by atoms with Gasteiger partial charge in [-0.1, -0.05) is 19.9 Å². The average Bonchev–Trinajstić information content (AvgIpc) is 2.92. The Balaban J connectivity index is 0.00000400. The average molecular weight is 425 g/mol. The second-order valence-corrected chi connectivity index (χ2v) is 6.06. The van der Waals surface area contributed by atoms with Crippen molar-refractivity contribution in [2.75, 3.05) is 26.3 Å². The van der Waals surface area contributed by atoms with Gasteiger partial charge in [0.25, 0.3) is 0 Å². The molecular formula is C15H28IN3OS. The molecule has 1 rings (SSSR count). The molecule has 2 N–H and O–H groups in total. The Kier molecular flexibility index (Phi) is 13.1. The summed E-state index contributed by atoms with van der Waals surface area (Å²) in [4.78, 5) is 5.85. The van der Waals surface area contributed by atoms with E-state index in [1.807, 2.05) is 0 Å². The summed E-state index contributed by atoms with van der Waals surface area (Å²) in [6.45, 7) is 10.5. The number of nitrogens with one attached hydrogen (secondary N) is 2. The van der Waals surface area contributed by atoms with Crippen molar-refractivity contribution in [1.29, 1.82) is 0 Å². The van der Waals surface area contributed by atoms with Gasteiger partial charge in [-0.3, -0.25) is 0 Å². The minimum atomic E-state index is 0. The molecular weight excluding hydrogens is 397 g/mol. The van der Waals surface area contributed by atoms with E-state index in [0.29, 0.717) is 5.92 Å². The number of hydrogen-bond donors (Lipinski definition) is 2.